The predicted octanol–water partition coefficient (Wildman–Crippen LogP) is 4.39. The Kier molecular flexibility index (Phi) is 7.23. The van der Waals surface area contributed by atoms with Crippen molar-refractivity contribution in [2.45, 2.75) is 63.1 Å². The molecule has 28 heavy (non-hydrogen) atoms. The maximum Gasteiger partial charge on any atom is 0.220 e. The van der Waals surface area contributed by atoms with Gasteiger partial charge in [0.25, 0.3) is 0 Å². The van der Waals surface area contributed by atoms with E-state index in [1.54, 1.807) is 30.3 Å². The second-order valence-electron chi connectivity index (χ2n) is 7.39. The molecule has 1 fully saturated rings. The van der Waals surface area contributed by atoms with Gasteiger partial charge >= 0.3 is 0 Å². The average Bonchev–Trinajstić information content (AvgIpc) is 2.69. The number of pyridine rings is 2. The molecule has 150 valence electrons. The number of hydrogen-bond donors (Lipinski definition) is 2. The lowest BCUT2D eigenvalue weighted by atomic mass is 9.83. The average molecular weight is 388 g/mol. The molecular formula is C22H26F2N2O2. The Bertz CT molecular complexity index is 813. The molecule has 0 radical (unpaired) electrons. The fraction of sp³-hybridized carbons (Fsp3) is 0.455. The number of aromatic nitrogens is 2. The Balaban J connectivity index is 0.000000161. The topological polar surface area (TPSA) is 66.2 Å². The number of hydrogen-bond acceptors (Lipinski definition) is 4. The summed E-state index contributed by atoms with van der Waals surface area (Å²) in [4.78, 5) is 7.22. The fourth-order valence-corrected chi connectivity index (χ4v) is 3.90. The maximum absolute atomic E-state index is 13.3. The summed E-state index contributed by atoms with van der Waals surface area (Å²) < 4.78 is 26.6. The van der Waals surface area contributed by atoms with Crippen LogP contribution in [-0.4, -0.2) is 32.4 Å². The maximum atomic E-state index is 13.3. The third kappa shape index (κ3) is 5.42. The minimum Gasteiger partial charge on any atom is -0.393 e. The van der Waals surface area contributed by atoms with Gasteiger partial charge in [0.2, 0.25) is 11.9 Å². The van der Waals surface area contributed by atoms with Crippen molar-refractivity contribution < 1.29 is 19.0 Å². The van der Waals surface area contributed by atoms with Gasteiger partial charge in [-0.25, -0.2) is 9.97 Å². The van der Waals surface area contributed by atoms with E-state index >= 15 is 0 Å². The summed E-state index contributed by atoms with van der Waals surface area (Å²) in [6.45, 7) is 0. The van der Waals surface area contributed by atoms with Crippen LogP contribution >= 0.6 is 0 Å². The molecule has 0 amide bonds. The summed E-state index contributed by atoms with van der Waals surface area (Å²) in [5.41, 5.74) is 2.05. The summed E-state index contributed by atoms with van der Waals surface area (Å²) in [5, 5.41) is 18.9. The van der Waals surface area contributed by atoms with Gasteiger partial charge in [-0.15, -0.1) is 0 Å². The van der Waals surface area contributed by atoms with Crippen LogP contribution in [0.25, 0.3) is 5.57 Å². The van der Waals surface area contributed by atoms with Gasteiger partial charge in [-0.3, -0.25) is 0 Å². The van der Waals surface area contributed by atoms with Crippen LogP contribution in [0.15, 0.2) is 42.7 Å². The second kappa shape index (κ2) is 9.85. The summed E-state index contributed by atoms with van der Waals surface area (Å²) in [7, 11) is 0. The first kappa shape index (κ1) is 20.6. The predicted molar refractivity (Wildman–Crippen MR) is 103 cm³/mol. The molecule has 0 saturated heterocycles. The van der Waals surface area contributed by atoms with E-state index in [1.165, 1.54) is 12.4 Å². The van der Waals surface area contributed by atoms with Gasteiger partial charge in [0, 0.05) is 23.5 Å². The zero-order chi connectivity index (χ0) is 19.9. The normalized spacial score (nSPS) is 24.7. The monoisotopic (exact) mass is 388 g/mol. The van der Waals surface area contributed by atoms with E-state index in [2.05, 4.69) is 9.97 Å². The molecule has 2 aliphatic carbocycles. The molecule has 2 N–H and O–H groups in total. The largest absolute Gasteiger partial charge is 0.393 e. The molecule has 2 aliphatic rings. The van der Waals surface area contributed by atoms with E-state index < -0.39 is 12.1 Å². The van der Waals surface area contributed by atoms with Gasteiger partial charge < -0.3 is 10.2 Å². The highest BCUT2D eigenvalue weighted by Gasteiger charge is 2.23. The zero-order valence-corrected chi connectivity index (χ0v) is 15.8. The third-order valence-corrected chi connectivity index (χ3v) is 5.32. The van der Waals surface area contributed by atoms with Crippen LogP contribution in [0.3, 0.4) is 0 Å². The number of halogens is 2. The summed E-state index contributed by atoms with van der Waals surface area (Å²) in [6, 6.07) is 6.93. The molecule has 2 aromatic rings. The van der Waals surface area contributed by atoms with Crippen LogP contribution in [0.4, 0.5) is 8.78 Å². The van der Waals surface area contributed by atoms with E-state index in [-0.39, 0.29) is 18.0 Å². The van der Waals surface area contributed by atoms with E-state index in [1.807, 2.05) is 0 Å². The van der Waals surface area contributed by atoms with Crippen molar-refractivity contribution in [1.82, 2.24) is 9.97 Å². The first-order valence-corrected chi connectivity index (χ1v) is 9.82. The quantitative estimate of drug-likeness (QED) is 0.749. The summed E-state index contributed by atoms with van der Waals surface area (Å²) in [5.74, 6) is -0.688. The zero-order valence-electron chi connectivity index (χ0n) is 15.8. The molecular weight excluding hydrogens is 362 g/mol. The molecule has 0 spiro atoms. The third-order valence-electron chi connectivity index (χ3n) is 5.32. The molecule has 0 unspecified atom stereocenters. The highest BCUT2D eigenvalue weighted by Crippen LogP contribution is 2.33. The van der Waals surface area contributed by atoms with Gasteiger partial charge in [0.1, 0.15) is 0 Å². The Labute approximate surface area is 164 Å². The van der Waals surface area contributed by atoms with Crippen LogP contribution < -0.4 is 0 Å². The molecule has 3 atom stereocenters. The van der Waals surface area contributed by atoms with Gasteiger partial charge in [0.05, 0.1) is 12.2 Å². The molecule has 2 aromatic heterocycles. The molecule has 6 heteroatoms. The fourth-order valence-electron chi connectivity index (χ4n) is 3.90. The molecule has 1 saturated carbocycles. The molecule has 4 rings (SSSR count). The van der Waals surface area contributed by atoms with Crippen LogP contribution in [0.5, 0.6) is 0 Å². The van der Waals surface area contributed by atoms with Crippen LogP contribution in [-0.2, 0) is 0 Å². The van der Waals surface area contributed by atoms with Crippen molar-refractivity contribution >= 4 is 5.57 Å². The standard InChI is InChI=1S/C11H14FNO.C11H12FNO/c2*12-11-10(5-2-6-13-11)8-3-1-4-9(14)7-8/h2,5-6,8-9,14H,1,3-4,7H2;2,5-7,9,14H,1,3-4H2/t8-,9+;9-/m01/s1. The lowest BCUT2D eigenvalue weighted by Crippen LogP contribution is -2.19. The Hall–Kier alpha value is -2.18. The molecule has 0 aliphatic heterocycles. The van der Waals surface area contributed by atoms with Crippen molar-refractivity contribution in [3.63, 3.8) is 0 Å². The van der Waals surface area contributed by atoms with Crippen molar-refractivity contribution in [3.05, 3.63) is 65.8 Å². The van der Waals surface area contributed by atoms with Crippen LogP contribution in [0, 0.1) is 11.9 Å². The summed E-state index contributed by atoms with van der Waals surface area (Å²) in [6.07, 6.45) is 9.85. The SMILES string of the molecule is O[C@@H]1CCC[C@H](c2cccnc2F)C1.O[C@H]1C=C(c2cccnc2F)CCC1. The minimum absolute atomic E-state index is 0.146. The lowest BCUT2D eigenvalue weighted by molar-refractivity contribution is 0.118. The number of rotatable bonds is 2. The van der Waals surface area contributed by atoms with E-state index in [9.17, 15) is 19.0 Å². The van der Waals surface area contributed by atoms with Crippen molar-refractivity contribution in [2.75, 3.05) is 0 Å². The second-order valence-corrected chi connectivity index (χ2v) is 7.39. The minimum atomic E-state index is -0.451. The Morgan fingerprint density at radius 3 is 2.32 bits per heavy atom. The van der Waals surface area contributed by atoms with Gasteiger partial charge in [-0.1, -0.05) is 18.6 Å². The van der Waals surface area contributed by atoms with E-state index in [0.717, 1.165) is 44.1 Å². The highest BCUT2D eigenvalue weighted by molar-refractivity contribution is 5.66. The van der Waals surface area contributed by atoms with Gasteiger partial charge in [0.15, 0.2) is 0 Å². The number of aliphatic hydroxyl groups excluding tert-OH is 2. The molecule has 2 heterocycles. The molecule has 0 aromatic carbocycles. The molecule has 0 bridgehead atoms. The highest BCUT2D eigenvalue weighted by atomic mass is 19.1. The Morgan fingerprint density at radius 1 is 0.893 bits per heavy atom. The Morgan fingerprint density at radius 2 is 1.64 bits per heavy atom. The molecule has 4 nitrogen and oxygen atoms in total. The van der Waals surface area contributed by atoms with Gasteiger partial charge in [-0.05, 0) is 68.2 Å². The van der Waals surface area contributed by atoms with E-state index in [0.29, 0.717) is 17.5 Å². The summed E-state index contributed by atoms with van der Waals surface area (Å²) >= 11 is 0. The van der Waals surface area contributed by atoms with Crippen molar-refractivity contribution in [3.8, 4) is 0 Å². The number of nitrogens with zero attached hydrogens (tertiary/aromatic N) is 2. The first-order valence-electron chi connectivity index (χ1n) is 9.82. The number of allylic oxidation sites excluding steroid dienone is 1. The van der Waals surface area contributed by atoms with Crippen LogP contribution in [0.2, 0.25) is 0 Å². The van der Waals surface area contributed by atoms with Crippen molar-refractivity contribution in [2.24, 2.45) is 0 Å². The van der Waals surface area contributed by atoms with Crippen LogP contribution in [0.1, 0.15) is 62.0 Å². The first-order chi connectivity index (χ1) is 13.5. The lowest BCUT2D eigenvalue weighted by Gasteiger charge is -2.25. The van der Waals surface area contributed by atoms with Gasteiger partial charge in [-0.2, -0.15) is 8.78 Å². The van der Waals surface area contributed by atoms with E-state index in [4.69, 9.17) is 0 Å². The smallest absolute Gasteiger partial charge is 0.220 e. The number of aliphatic hydroxyl groups is 2. The van der Waals surface area contributed by atoms with Crippen molar-refractivity contribution in [1.29, 1.82) is 0 Å².